The van der Waals surface area contributed by atoms with Gasteiger partial charge in [-0.3, -0.25) is 4.79 Å². The number of aromatic nitrogens is 1. The van der Waals surface area contributed by atoms with Crippen LogP contribution in [0.15, 0.2) is 9.42 Å². The van der Waals surface area contributed by atoms with Crippen LogP contribution in [-0.4, -0.2) is 60.4 Å². The second kappa shape index (κ2) is 6.94. The molecule has 2 aliphatic rings. The summed E-state index contributed by atoms with van der Waals surface area (Å²) in [7, 11) is -3.66. The molecule has 1 saturated heterocycles. The summed E-state index contributed by atoms with van der Waals surface area (Å²) < 4.78 is 32.2. The Balaban J connectivity index is 1.68. The first-order valence-corrected chi connectivity index (χ1v) is 10.6. The van der Waals surface area contributed by atoms with Gasteiger partial charge in [-0.05, 0) is 33.6 Å². The predicted octanol–water partition coefficient (Wildman–Crippen LogP) is 1.03. The van der Waals surface area contributed by atoms with Gasteiger partial charge in [0.1, 0.15) is 10.6 Å². The fraction of sp³-hybridized carbons (Fsp3) is 0.765. The Bertz CT molecular complexity index is 759. The SMILES string of the molecule is Cc1noc(C)c1S(=O)(=O)N1CCN(C(=O)C2CCCCC2(C)N)CC1. The first-order chi connectivity index (χ1) is 12.1. The molecule has 0 aromatic carbocycles. The van der Waals surface area contributed by atoms with E-state index in [1.54, 1.807) is 18.7 Å². The second-order valence-corrected chi connectivity index (χ2v) is 9.56. The van der Waals surface area contributed by atoms with Crippen LogP contribution in [0.4, 0.5) is 0 Å². The second-order valence-electron chi connectivity index (χ2n) is 7.69. The quantitative estimate of drug-likeness (QED) is 0.833. The highest BCUT2D eigenvalue weighted by molar-refractivity contribution is 7.89. The molecule has 8 nitrogen and oxygen atoms in total. The van der Waals surface area contributed by atoms with E-state index >= 15 is 0 Å². The smallest absolute Gasteiger partial charge is 0.248 e. The number of aryl methyl sites for hydroxylation is 2. The first-order valence-electron chi connectivity index (χ1n) is 9.15. The molecule has 2 N–H and O–H groups in total. The van der Waals surface area contributed by atoms with Crippen molar-refractivity contribution in [3.63, 3.8) is 0 Å². The summed E-state index contributed by atoms with van der Waals surface area (Å²) in [6.45, 7) is 6.47. The molecule has 2 atom stereocenters. The third-order valence-electron chi connectivity index (χ3n) is 5.67. The number of carbonyl (C=O) groups is 1. The van der Waals surface area contributed by atoms with Gasteiger partial charge in [0, 0.05) is 31.7 Å². The highest BCUT2D eigenvalue weighted by Gasteiger charge is 2.41. The van der Waals surface area contributed by atoms with Gasteiger partial charge < -0.3 is 15.2 Å². The summed E-state index contributed by atoms with van der Waals surface area (Å²) in [5.74, 6) is 0.174. The van der Waals surface area contributed by atoms with Gasteiger partial charge in [-0.15, -0.1) is 0 Å². The summed E-state index contributed by atoms with van der Waals surface area (Å²) in [4.78, 5) is 14.8. The number of hydrogen-bond acceptors (Lipinski definition) is 6. The molecule has 1 aliphatic heterocycles. The van der Waals surface area contributed by atoms with Crippen LogP contribution < -0.4 is 5.73 Å². The van der Waals surface area contributed by atoms with E-state index in [0.717, 1.165) is 25.7 Å². The summed E-state index contributed by atoms with van der Waals surface area (Å²) in [6.07, 6.45) is 3.73. The van der Waals surface area contributed by atoms with E-state index in [0.29, 0.717) is 24.5 Å². The van der Waals surface area contributed by atoms with Crippen LogP contribution in [0, 0.1) is 19.8 Å². The molecule has 1 amide bonds. The number of amides is 1. The van der Waals surface area contributed by atoms with Gasteiger partial charge in [-0.25, -0.2) is 8.42 Å². The predicted molar refractivity (Wildman–Crippen MR) is 95.9 cm³/mol. The van der Waals surface area contributed by atoms with Gasteiger partial charge in [0.2, 0.25) is 15.9 Å². The Morgan fingerprint density at radius 1 is 1.23 bits per heavy atom. The molecule has 0 radical (unpaired) electrons. The monoisotopic (exact) mass is 384 g/mol. The van der Waals surface area contributed by atoms with Crippen molar-refractivity contribution in [3.05, 3.63) is 11.5 Å². The van der Waals surface area contributed by atoms with E-state index in [4.69, 9.17) is 10.3 Å². The number of sulfonamides is 1. The van der Waals surface area contributed by atoms with E-state index in [9.17, 15) is 13.2 Å². The summed E-state index contributed by atoms with van der Waals surface area (Å²) in [6, 6.07) is 0. The van der Waals surface area contributed by atoms with Crippen LogP contribution in [-0.2, 0) is 14.8 Å². The zero-order chi connectivity index (χ0) is 19.1. The molecule has 0 bridgehead atoms. The van der Waals surface area contributed by atoms with Crippen LogP contribution in [0.2, 0.25) is 0 Å². The van der Waals surface area contributed by atoms with Crippen molar-refractivity contribution in [2.24, 2.45) is 11.7 Å². The maximum Gasteiger partial charge on any atom is 0.248 e. The van der Waals surface area contributed by atoms with Crippen molar-refractivity contribution in [1.82, 2.24) is 14.4 Å². The lowest BCUT2D eigenvalue weighted by molar-refractivity contribution is -0.140. The lowest BCUT2D eigenvalue weighted by Gasteiger charge is -2.42. The molecule has 1 saturated carbocycles. The van der Waals surface area contributed by atoms with Crippen molar-refractivity contribution in [2.75, 3.05) is 26.2 Å². The first kappa shape index (κ1) is 19.3. The maximum absolute atomic E-state index is 12.9. The van der Waals surface area contributed by atoms with E-state index in [1.807, 2.05) is 6.92 Å². The molecular formula is C17H28N4O4S. The van der Waals surface area contributed by atoms with Crippen molar-refractivity contribution < 1.29 is 17.7 Å². The number of nitrogens with two attached hydrogens (primary N) is 1. The fourth-order valence-electron chi connectivity index (χ4n) is 4.11. The van der Waals surface area contributed by atoms with Crippen molar-refractivity contribution in [2.45, 2.75) is 56.9 Å². The third kappa shape index (κ3) is 3.39. The lowest BCUT2D eigenvalue weighted by Crippen LogP contribution is -2.57. The number of nitrogens with zero attached hydrogens (tertiary/aromatic N) is 3. The van der Waals surface area contributed by atoms with E-state index < -0.39 is 15.6 Å². The molecule has 1 aliphatic carbocycles. The molecule has 2 fully saturated rings. The Labute approximate surface area is 154 Å². The van der Waals surface area contributed by atoms with Gasteiger partial charge >= 0.3 is 0 Å². The maximum atomic E-state index is 12.9. The topological polar surface area (TPSA) is 110 Å². The minimum absolute atomic E-state index is 0.0593. The van der Waals surface area contributed by atoms with Crippen molar-refractivity contribution in [3.8, 4) is 0 Å². The molecular weight excluding hydrogens is 356 g/mol. The van der Waals surface area contributed by atoms with Crippen LogP contribution in [0.3, 0.4) is 0 Å². The normalized spacial score (nSPS) is 28.3. The average molecular weight is 385 g/mol. The zero-order valence-electron chi connectivity index (χ0n) is 15.7. The van der Waals surface area contributed by atoms with Crippen LogP contribution in [0.5, 0.6) is 0 Å². The molecule has 3 rings (SSSR count). The largest absolute Gasteiger partial charge is 0.360 e. The number of carbonyl (C=O) groups excluding carboxylic acids is 1. The minimum Gasteiger partial charge on any atom is -0.360 e. The van der Waals surface area contributed by atoms with Crippen LogP contribution >= 0.6 is 0 Å². The minimum atomic E-state index is -3.66. The Hall–Kier alpha value is -1.45. The molecule has 9 heteroatoms. The number of hydrogen-bond donors (Lipinski definition) is 1. The van der Waals surface area contributed by atoms with E-state index in [2.05, 4.69) is 5.16 Å². The van der Waals surface area contributed by atoms with Gasteiger partial charge in [-0.1, -0.05) is 18.0 Å². The number of piperazine rings is 1. The molecule has 1 aromatic heterocycles. The van der Waals surface area contributed by atoms with E-state index in [-0.39, 0.29) is 29.8 Å². The van der Waals surface area contributed by atoms with Crippen molar-refractivity contribution >= 4 is 15.9 Å². The van der Waals surface area contributed by atoms with E-state index in [1.165, 1.54) is 4.31 Å². The van der Waals surface area contributed by atoms with Crippen molar-refractivity contribution in [1.29, 1.82) is 0 Å². The molecule has 2 unspecified atom stereocenters. The summed E-state index contributed by atoms with van der Waals surface area (Å²) >= 11 is 0. The molecule has 2 heterocycles. The van der Waals surface area contributed by atoms with Gasteiger partial charge in [0.25, 0.3) is 0 Å². The molecule has 146 valence electrons. The van der Waals surface area contributed by atoms with Gasteiger partial charge in [0.05, 0.1) is 5.92 Å². The standard InChI is InChI=1S/C17H28N4O4S/c1-12-15(13(2)25-19-12)26(23,24)21-10-8-20(9-11-21)16(22)14-6-4-5-7-17(14,3)18/h14H,4-11,18H2,1-3H3. The highest BCUT2D eigenvalue weighted by atomic mass is 32.2. The summed E-state index contributed by atoms with van der Waals surface area (Å²) in [5, 5.41) is 3.74. The molecule has 26 heavy (non-hydrogen) atoms. The Kier molecular flexibility index (Phi) is 5.15. The third-order valence-corrected chi connectivity index (χ3v) is 7.81. The van der Waals surface area contributed by atoms with Gasteiger partial charge in [-0.2, -0.15) is 4.31 Å². The molecule has 1 aromatic rings. The molecule has 0 spiro atoms. The fourth-order valence-corrected chi connectivity index (χ4v) is 5.82. The van der Waals surface area contributed by atoms with Crippen LogP contribution in [0.25, 0.3) is 0 Å². The van der Waals surface area contributed by atoms with Crippen LogP contribution in [0.1, 0.15) is 44.1 Å². The highest BCUT2D eigenvalue weighted by Crippen LogP contribution is 2.33. The average Bonchev–Trinajstić information content (AvgIpc) is 2.93. The Morgan fingerprint density at radius 2 is 1.88 bits per heavy atom. The Morgan fingerprint density at radius 3 is 2.42 bits per heavy atom. The van der Waals surface area contributed by atoms with Gasteiger partial charge in [0.15, 0.2) is 5.76 Å². The number of rotatable bonds is 3. The lowest BCUT2D eigenvalue weighted by atomic mass is 9.74. The summed E-state index contributed by atoms with van der Waals surface area (Å²) in [5.41, 5.74) is 6.24. The zero-order valence-corrected chi connectivity index (χ0v) is 16.5.